The minimum absolute atomic E-state index is 0.291. The third kappa shape index (κ3) is 2.12. The molecule has 6 heteroatoms. The Labute approximate surface area is 118 Å². The lowest BCUT2D eigenvalue weighted by molar-refractivity contribution is -0.0182. The van der Waals surface area contributed by atoms with Crippen molar-refractivity contribution in [3.8, 4) is 0 Å². The summed E-state index contributed by atoms with van der Waals surface area (Å²) >= 11 is 3.20. The topological polar surface area (TPSA) is 53.1 Å². The lowest BCUT2D eigenvalue weighted by Gasteiger charge is -2.36. The summed E-state index contributed by atoms with van der Waals surface area (Å²) in [6.07, 6.45) is 2.16. The van der Waals surface area contributed by atoms with E-state index < -0.39 is 0 Å². The second-order valence-corrected chi connectivity index (χ2v) is 5.65. The fourth-order valence-corrected chi connectivity index (χ4v) is 2.94. The Morgan fingerprint density at radius 1 is 1.53 bits per heavy atom. The van der Waals surface area contributed by atoms with Crippen LogP contribution in [0.2, 0.25) is 0 Å². The number of nitrogens with zero attached hydrogens (tertiary/aromatic N) is 2. The van der Waals surface area contributed by atoms with Gasteiger partial charge in [-0.1, -0.05) is 0 Å². The molecule has 2 aromatic rings. The van der Waals surface area contributed by atoms with Crippen LogP contribution >= 0.6 is 15.9 Å². The molecule has 1 saturated carbocycles. The largest absolute Gasteiger partial charge is 0.378 e. The number of hydrogen-bond acceptors (Lipinski definition) is 3. The molecule has 1 aliphatic carbocycles. The Hall–Kier alpha value is -1.14. The van der Waals surface area contributed by atoms with Gasteiger partial charge in [0.15, 0.2) is 0 Å². The van der Waals surface area contributed by atoms with Crippen molar-refractivity contribution in [1.82, 2.24) is 9.55 Å². The molecular weight excluding hydrogens is 313 g/mol. The zero-order valence-electron chi connectivity index (χ0n) is 10.6. The highest BCUT2D eigenvalue weighted by atomic mass is 79.9. The van der Waals surface area contributed by atoms with E-state index in [9.17, 15) is 4.39 Å². The van der Waals surface area contributed by atoms with E-state index in [1.807, 2.05) is 11.5 Å². The molecule has 0 aliphatic heterocycles. The molecule has 3 rings (SSSR count). The summed E-state index contributed by atoms with van der Waals surface area (Å²) in [6.45, 7) is 2.72. The first-order chi connectivity index (χ1) is 9.10. The quantitative estimate of drug-likeness (QED) is 0.941. The minimum Gasteiger partial charge on any atom is -0.378 e. The van der Waals surface area contributed by atoms with Crippen LogP contribution in [0, 0.1) is 5.82 Å². The highest BCUT2D eigenvalue weighted by Crippen LogP contribution is 2.39. The second kappa shape index (κ2) is 4.76. The zero-order valence-corrected chi connectivity index (χ0v) is 12.2. The Morgan fingerprint density at radius 2 is 2.26 bits per heavy atom. The van der Waals surface area contributed by atoms with Gasteiger partial charge in [-0.2, -0.15) is 0 Å². The van der Waals surface area contributed by atoms with Gasteiger partial charge in [0.2, 0.25) is 5.95 Å². The summed E-state index contributed by atoms with van der Waals surface area (Å²) in [6, 6.07) is 3.44. The number of rotatable bonds is 3. The second-order valence-electron chi connectivity index (χ2n) is 4.80. The van der Waals surface area contributed by atoms with Gasteiger partial charge < -0.3 is 15.0 Å². The van der Waals surface area contributed by atoms with E-state index in [0.717, 1.165) is 25.0 Å². The maximum atomic E-state index is 13.5. The molecule has 1 aliphatic rings. The molecule has 1 heterocycles. The maximum absolute atomic E-state index is 13.5. The lowest BCUT2D eigenvalue weighted by Crippen LogP contribution is -2.33. The predicted molar refractivity (Wildman–Crippen MR) is 75.5 cm³/mol. The van der Waals surface area contributed by atoms with E-state index in [1.165, 1.54) is 6.07 Å². The normalized spacial score (nSPS) is 22.7. The van der Waals surface area contributed by atoms with Crippen molar-refractivity contribution in [3.63, 3.8) is 0 Å². The smallest absolute Gasteiger partial charge is 0.201 e. The molecule has 2 N–H and O–H groups in total. The molecule has 0 amide bonds. The van der Waals surface area contributed by atoms with Crippen LogP contribution in [-0.4, -0.2) is 22.3 Å². The number of halogens is 2. The first-order valence-corrected chi connectivity index (χ1v) is 7.13. The van der Waals surface area contributed by atoms with Crippen LogP contribution in [0.5, 0.6) is 0 Å². The van der Waals surface area contributed by atoms with Crippen molar-refractivity contribution in [2.45, 2.75) is 31.9 Å². The molecular formula is C13H15BrFN3O. The van der Waals surface area contributed by atoms with Crippen LogP contribution < -0.4 is 5.73 Å². The summed E-state index contributed by atoms with van der Waals surface area (Å²) < 4.78 is 21.5. The molecule has 0 spiro atoms. The van der Waals surface area contributed by atoms with Crippen molar-refractivity contribution >= 4 is 32.9 Å². The first kappa shape index (κ1) is 12.9. The molecule has 0 saturated heterocycles. The fourth-order valence-electron chi connectivity index (χ4n) is 2.61. The summed E-state index contributed by atoms with van der Waals surface area (Å²) in [4.78, 5) is 4.23. The van der Waals surface area contributed by atoms with E-state index in [0.29, 0.717) is 28.1 Å². The van der Waals surface area contributed by atoms with E-state index in [2.05, 4.69) is 20.9 Å². The van der Waals surface area contributed by atoms with Crippen molar-refractivity contribution in [2.24, 2.45) is 0 Å². The number of fused-ring (bicyclic) bond motifs is 1. The van der Waals surface area contributed by atoms with Gasteiger partial charge in [-0.15, -0.1) is 0 Å². The highest BCUT2D eigenvalue weighted by Gasteiger charge is 2.33. The number of anilines is 1. The number of benzene rings is 1. The standard InChI is InChI=1S/C13H15BrFN3O/c1-2-19-8-3-7(4-8)18-12-5-9(14)10(15)6-11(12)17-13(18)16/h5-8H,2-4H2,1H3,(H2,16,17). The van der Waals surface area contributed by atoms with Gasteiger partial charge >= 0.3 is 0 Å². The van der Waals surface area contributed by atoms with E-state index in [-0.39, 0.29) is 5.82 Å². The van der Waals surface area contributed by atoms with Crippen molar-refractivity contribution in [2.75, 3.05) is 12.3 Å². The van der Waals surface area contributed by atoms with Crippen LogP contribution in [0.1, 0.15) is 25.8 Å². The third-order valence-corrected chi connectivity index (χ3v) is 4.20. The summed E-state index contributed by atoms with van der Waals surface area (Å²) in [7, 11) is 0. The number of aromatic nitrogens is 2. The molecule has 4 nitrogen and oxygen atoms in total. The molecule has 102 valence electrons. The van der Waals surface area contributed by atoms with Crippen molar-refractivity contribution in [1.29, 1.82) is 0 Å². The van der Waals surface area contributed by atoms with Gasteiger partial charge in [0.05, 0.1) is 21.6 Å². The lowest BCUT2D eigenvalue weighted by atomic mass is 9.89. The van der Waals surface area contributed by atoms with E-state index >= 15 is 0 Å². The van der Waals surface area contributed by atoms with Crippen LogP contribution in [-0.2, 0) is 4.74 Å². The third-order valence-electron chi connectivity index (χ3n) is 3.60. The minimum atomic E-state index is -0.321. The van der Waals surface area contributed by atoms with Crippen molar-refractivity contribution < 1.29 is 9.13 Å². The summed E-state index contributed by atoms with van der Waals surface area (Å²) in [5.41, 5.74) is 7.42. The van der Waals surface area contributed by atoms with Gasteiger partial charge in [0, 0.05) is 18.7 Å². The zero-order chi connectivity index (χ0) is 13.6. The van der Waals surface area contributed by atoms with Crippen LogP contribution in [0.25, 0.3) is 11.0 Å². The molecule has 0 bridgehead atoms. The number of imidazole rings is 1. The Balaban J connectivity index is 1.96. The Kier molecular flexibility index (Phi) is 3.22. The van der Waals surface area contributed by atoms with E-state index in [1.54, 1.807) is 6.07 Å². The molecule has 0 radical (unpaired) electrons. The summed E-state index contributed by atoms with van der Waals surface area (Å²) in [5.74, 6) is 0.116. The molecule has 0 atom stereocenters. The van der Waals surface area contributed by atoms with Gasteiger partial charge in [-0.25, -0.2) is 9.37 Å². The number of hydrogen-bond donors (Lipinski definition) is 1. The van der Waals surface area contributed by atoms with Crippen LogP contribution in [0.3, 0.4) is 0 Å². The molecule has 0 unspecified atom stereocenters. The summed E-state index contributed by atoms with van der Waals surface area (Å²) in [5, 5.41) is 0. The van der Waals surface area contributed by atoms with Crippen molar-refractivity contribution in [3.05, 3.63) is 22.4 Å². The fraction of sp³-hybridized carbons (Fsp3) is 0.462. The maximum Gasteiger partial charge on any atom is 0.201 e. The SMILES string of the molecule is CCOC1CC(n2c(N)nc3cc(F)c(Br)cc32)C1. The van der Waals surface area contributed by atoms with Gasteiger partial charge in [0.25, 0.3) is 0 Å². The molecule has 1 aromatic heterocycles. The van der Waals surface area contributed by atoms with Crippen LogP contribution in [0.4, 0.5) is 10.3 Å². The highest BCUT2D eigenvalue weighted by molar-refractivity contribution is 9.10. The Morgan fingerprint density at radius 3 is 2.95 bits per heavy atom. The monoisotopic (exact) mass is 327 g/mol. The number of nitrogens with two attached hydrogens (primary N) is 1. The predicted octanol–water partition coefficient (Wildman–Crippen LogP) is 3.26. The van der Waals surface area contributed by atoms with Crippen LogP contribution in [0.15, 0.2) is 16.6 Å². The molecule has 1 fully saturated rings. The average Bonchev–Trinajstić information content (AvgIpc) is 2.60. The van der Waals surface area contributed by atoms with Gasteiger partial charge in [-0.3, -0.25) is 0 Å². The van der Waals surface area contributed by atoms with E-state index in [4.69, 9.17) is 10.5 Å². The van der Waals surface area contributed by atoms with Gasteiger partial charge in [-0.05, 0) is 41.8 Å². The number of ether oxygens (including phenoxy) is 1. The van der Waals surface area contributed by atoms with Gasteiger partial charge in [0.1, 0.15) is 5.82 Å². The average molecular weight is 328 g/mol. The molecule has 19 heavy (non-hydrogen) atoms. The number of nitrogen functional groups attached to an aromatic ring is 1. The Bertz CT molecular complexity index is 622. The molecule has 1 aromatic carbocycles. The first-order valence-electron chi connectivity index (χ1n) is 6.34.